The number of hydrogen-bond acceptors (Lipinski definition) is 3. The highest BCUT2D eigenvalue weighted by Gasteiger charge is 2.20. The van der Waals surface area contributed by atoms with E-state index in [-0.39, 0.29) is 6.04 Å². The van der Waals surface area contributed by atoms with E-state index in [0.29, 0.717) is 11.4 Å². The third-order valence-corrected chi connectivity index (χ3v) is 4.69. The Labute approximate surface area is 109 Å². The number of rotatable bonds is 3. The molecule has 0 aliphatic carbocycles. The Morgan fingerprint density at radius 2 is 2.17 bits per heavy atom. The van der Waals surface area contributed by atoms with Crippen molar-refractivity contribution in [2.24, 2.45) is 0 Å². The molecule has 4 nitrogen and oxygen atoms in total. The zero-order chi connectivity index (χ0) is 13.0. The summed E-state index contributed by atoms with van der Waals surface area (Å²) in [5, 5.41) is 3.26. The molecule has 5 heteroatoms. The first kappa shape index (κ1) is 13.5. The van der Waals surface area contributed by atoms with Crippen LogP contribution in [0, 0.1) is 6.92 Å². The predicted molar refractivity (Wildman–Crippen MR) is 72.0 cm³/mol. The fourth-order valence-corrected chi connectivity index (χ4v) is 3.56. The first-order chi connectivity index (χ1) is 8.58. The number of nitrogens with one attached hydrogen (secondary N) is 2. The molecule has 1 atom stereocenters. The van der Waals surface area contributed by atoms with E-state index >= 15 is 0 Å². The summed E-state index contributed by atoms with van der Waals surface area (Å²) in [5.74, 6) is 0. The van der Waals surface area contributed by atoms with Crippen LogP contribution in [0.25, 0.3) is 0 Å². The highest BCUT2D eigenvalue weighted by molar-refractivity contribution is 7.89. The van der Waals surface area contributed by atoms with Gasteiger partial charge in [-0.25, -0.2) is 13.1 Å². The second-order valence-corrected chi connectivity index (χ2v) is 6.55. The van der Waals surface area contributed by atoms with Crippen molar-refractivity contribution in [2.45, 2.75) is 37.1 Å². The van der Waals surface area contributed by atoms with Gasteiger partial charge >= 0.3 is 0 Å². The summed E-state index contributed by atoms with van der Waals surface area (Å²) >= 11 is 0. The van der Waals surface area contributed by atoms with E-state index in [9.17, 15) is 8.42 Å². The van der Waals surface area contributed by atoms with Crippen molar-refractivity contribution in [1.82, 2.24) is 10.0 Å². The monoisotopic (exact) mass is 268 g/mol. The molecule has 18 heavy (non-hydrogen) atoms. The van der Waals surface area contributed by atoms with Gasteiger partial charge in [-0.2, -0.15) is 0 Å². The van der Waals surface area contributed by atoms with Gasteiger partial charge in [0.2, 0.25) is 10.0 Å². The Kier molecular flexibility index (Phi) is 4.37. The zero-order valence-electron chi connectivity index (χ0n) is 10.6. The zero-order valence-corrected chi connectivity index (χ0v) is 11.5. The van der Waals surface area contributed by atoms with Crippen LogP contribution in [0.5, 0.6) is 0 Å². The van der Waals surface area contributed by atoms with Gasteiger partial charge in [0.05, 0.1) is 4.90 Å². The van der Waals surface area contributed by atoms with Crippen LogP contribution in [0.15, 0.2) is 29.2 Å². The third kappa shape index (κ3) is 3.54. The summed E-state index contributed by atoms with van der Waals surface area (Å²) in [7, 11) is -3.39. The van der Waals surface area contributed by atoms with Crippen molar-refractivity contribution in [3.05, 3.63) is 29.8 Å². The third-order valence-electron chi connectivity index (χ3n) is 3.17. The van der Waals surface area contributed by atoms with Gasteiger partial charge in [0.15, 0.2) is 0 Å². The summed E-state index contributed by atoms with van der Waals surface area (Å²) in [6.07, 6.45) is 3.08. The molecular weight excluding hydrogens is 248 g/mol. The fraction of sp³-hybridized carbons (Fsp3) is 0.538. The average Bonchev–Trinajstić information content (AvgIpc) is 2.57. The molecule has 2 N–H and O–H groups in total. The summed E-state index contributed by atoms with van der Waals surface area (Å²) in [6, 6.07) is 7.01. The van der Waals surface area contributed by atoms with Crippen molar-refractivity contribution in [3.8, 4) is 0 Å². The Morgan fingerprint density at radius 3 is 2.94 bits per heavy atom. The first-order valence-electron chi connectivity index (χ1n) is 6.38. The second-order valence-electron chi connectivity index (χ2n) is 4.83. The lowest BCUT2D eigenvalue weighted by Crippen LogP contribution is -2.40. The Balaban J connectivity index is 2.11. The molecule has 0 spiro atoms. The van der Waals surface area contributed by atoms with Crippen LogP contribution in [0.4, 0.5) is 0 Å². The van der Waals surface area contributed by atoms with E-state index in [1.54, 1.807) is 18.2 Å². The fourth-order valence-electron chi connectivity index (χ4n) is 2.19. The molecule has 1 heterocycles. The molecule has 2 rings (SSSR count). The molecule has 1 unspecified atom stereocenters. The smallest absolute Gasteiger partial charge is 0.240 e. The van der Waals surface area contributed by atoms with Gasteiger partial charge in [-0.05, 0) is 44.0 Å². The normalized spacial score (nSPS) is 21.5. The first-order valence-corrected chi connectivity index (χ1v) is 7.86. The van der Waals surface area contributed by atoms with E-state index in [0.717, 1.165) is 31.4 Å². The SMILES string of the molecule is Cc1cccc(S(=O)(=O)NC2CCCCNC2)c1. The largest absolute Gasteiger partial charge is 0.315 e. The maximum Gasteiger partial charge on any atom is 0.240 e. The Bertz CT molecular complexity index is 491. The van der Waals surface area contributed by atoms with Crippen LogP contribution in [0.2, 0.25) is 0 Å². The molecule has 0 bridgehead atoms. The van der Waals surface area contributed by atoms with E-state index in [2.05, 4.69) is 10.0 Å². The molecule has 0 aromatic heterocycles. The number of sulfonamides is 1. The predicted octanol–water partition coefficient (Wildman–Crippen LogP) is 1.42. The average molecular weight is 268 g/mol. The van der Waals surface area contributed by atoms with Crippen LogP contribution in [0.1, 0.15) is 24.8 Å². The molecule has 100 valence electrons. The van der Waals surface area contributed by atoms with Gasteiger partial charge in [-0.15, -0.1) is 0 Å². The quantitative estimate of drug-likeness (QED) is 0.871. The lowest BCUT2D eigenvalue weighted by Gasteiger charge is -2.16. The second kappa shape index (κ2) is 5.82. The van der Waals surface area contributed by atoms with Crippen molar-refractivity contribution in [1.29, 1.82) is 0 Å². The minimum Gasteiger partial charge on any atom is -0.315 e. The van der Waals surface area contributed by atoms with Gasteiger partial charge in [-0.3, -0.25) is 0 Å². The van der Waals surface area contributed by atoms with Gasteiger partial charge in [0.1, 0.15) is 0 Å². The van der Waals surface area contributed by atoms with Gasteiger partial charge in [-0.1, -0.05) is 18.6 Å². The Morgan fingerprint density at radius 1 is 1.33 bits per heavy atom. The maximum atomic E-state index is 12.2. The van der Waals surface area contributed by atoms with Crippen LogP contribution in [0.3, 0.4) is 0 Å². The molecule has 0 radical (unpaired) electrons. The Hall–Kier alpha value is -0.910. The molecule has 1 aromatic carbocycles. The number of aryl methyl sites for hydroxylation is 1. The summed E-state index contributed by atoms with van der Waals surface area (Å²) in [6.45, 7) is 3.58. The van der Waals surface area contributed by atoms with E-state index in [4.69, 9.17) is 0 Å². The van der Waals surface area contributed by atoms with Crippen molar-refractivity contribution < 1.29 is 8.42 Å². The number of benzene rings is 1. The molecule has 1 saturated heterocycles. The maximum absolute atomic E-state index is 12.2. The summed E-state index contributed by atoms with van der Waals surface area (Å²) in [5.41, 5.74) is 0.955. The lowest BCUT2D eigenvalue weighted by atomic mass is 10.2. The topological polar surface area (TPSA) is 58.2 Å². The van der Waals surface area contributed by atoms with Crippen LogP contribution in [-0.2, 0) is 10.0 Å². The van der Waals surface area contributed by atoms with Gasteiger partial charge in [0.25, 0.3) is 0 Å². The lowest BCUT2D eigenvalue weighted by molar-refractivity contribution is 0.521. The summed E-state index contributed by atoms with van der Waals surface area (Å²) < 4.78 is 27.2. The van der Waals surface area contributed by atoms with E-state index in [1.165, 1.54) is 0 Å². The molecule has 0 amide bonds. The van der Waals surface area contributed by atoms with Gasteiger partial charge in [0, 0.05) is 12.6 Å². The minimum atomic E-state index is -3.39. The highest BCUT2D eigenvalue weighted by Crippen LogP contribution is 2.13. The molecular formula is C13H20N2O2S. The molecule has 1 fully saturated rings. The van der Waals surface area contributed by atoms with Crippen molar-refractivity contribution in [3.63, 3.8) is 0 Å². The summed E-state index contributed by atoms with van der Waals surface area (Å²) in [4.78, 5) is 0.353. The molecule has 1 aromatic rings. The minimum absolute atomic E-state index is 0.00184. The van der Waals surface area contributed by atoms with E-state index < -0.39 is 10.0 Å². The standard InChI is InChI=1S/C13H20N2O2S/c1-11-5-4-7-13(9-11)18(16,17)15-12-6-2-3-8-14-10-12/h4-5,7,9,12,14-15H,2-3,6,8,10H2,1H3. The molecule has 1 aliphatic heterocycles. The highest BCUT2D eigenvalue weighted by atomic mass is 32.2. The molecule has 0 saturated carbocycles. The van der Waals surface area contributed by atoms with Crippen molar-refractivity contribution >= 4 is 10.0 Å². The number of hydrogen-bond donors (Lipinski definition) is 2. The van der Waals surface area contributed by atoms with Crippen LogP contribution in [-0.4, -0.2) is 27.5 Å². The van der Waals surface area contributed by atoms with Crippen LogP contribution < -0.4 is 10.0 Å². The van der Waals surface area contributed by atoms with Gasteiger partial charge < -0.3 is 5.32 Å². The van der Waals surface area contributed by atoms with Crippen molar-refractivity contribution in [2.75, 3.05) is 13.1 Å². The van der Waals surface area contributed by atoms with E-state index in [1.807, 2.05) is 13.0 Å². The molecule has 1 aliphatic rings. The van der Waals surface area contributed by atoms with Crippen LogP contribution >= 0.6 is 0 Å².